The predicted octanol–water partition coefficient (Wildman–Crippen LogP) is 2.21. The Labute approximate surface area is 119 Å². The van der Waals surface area contributed by atoms with Crippen LogP contribution in [0.4, 0.5) is 0 Å². The maximum absolute atomic E-state index is 5.73. The fourth-order valence-electron chi connectivity index (χ4n) is 1.89. The molecule has 0 fully saturated rings. The van der Waals surface area contributed by atoms with Crippen LogP contribution < -0.4 is 10.1 Å². The Hall–Kier alpha value is -1.85. The molecule has 20 heavy (non-hydrogen) atoms. The molecule has 0 aliphatic rings. The quantitative estimate of drug-likeness (QED) is 0.725. The van der Waals surface area contributed by atoms with E-state index in [1.165, 1.54) is 0 Å². The van der Waals surface area contributed by atoms with E-state index in [0.717, 1.165) is 35.8 Å². The van der Waals surface area contributed by atoms with E-state index < -0.39 is 0 Å². The van der Waals surface area contributed by atoms with Crippen LogP contribution in [0.15, 0.2) is 30.3 Å². The number of hydrogen-bond acceptors (Lipinski definition) is 4. The van der Waals surface area contributed by atoms with Crippen LogP contribution in [0, 0.1) is 0 Å². The molecule has 0 saturated heterocycles. The van der Waals surface area contributed by atoms with Gasteiger partial charge in [-0.25, -0.2) is 0 Å². The van der Waals surface area contributed by atoms with E-state index in [-0.39, 0.29) is 0 Å². The Bertz CT molecular complexity index is 525. The van der Waals surface area contributed by atoms with Gasteiger partial charge in [0.1, 0.15) is 12.4 Å². The zero-order chi connectivity index (χ0) is 14.2. The number of nitrogens with zero attached hydrogens (tertiary/aromatic N) is 1. The van der Waals surface area contributed by atoms with Gasteiger partial charge < -0.3 is 14.8 Å². The second kappa shape index (κ2) is 7.67. The van der Waals surface area contributed by atoms with Crippen LogP contribution in [-0.4, -0.2) is 37.1 Å². The van der Waals surface area contributed by atoms with Gasteiger partial charge in [-0.05, 0) is 24.7 Å². The highest BCUT2D eigenvalue weighted by Crippen LogP contribution is 2.28. The van der Waals surface area contributed by atoms with Crippen molar-refractivity contribution in [2.75, 3.05) is 26.9 Å². The Morgan fingerprint density at radius 3 is 2.90 bits per heavy atom. The van der Waals surface area contributed by atoms with E-state index in [9.17, 15) is 0 Å². The molecule has 1 aromatic carbocycles. The number of ether oxygens (including phenoxy) is 2. The molecule has 0 amide bonds. The van der Waals surface area contributed by atoms with Crippen molar-refractivity contribution in [3.63, 3.8) is 0 Å². The van der Waals surface area contributed by atoms with E-state index in [2.05, 4.69) is 22.4 Å². The maximum atomic E-state index is 5.73. The molecular weight excluding hydrogens is 254 g/mol. The van der Waals surface area contributed by atoms with Crippen LogP contribution in [0.25, 0.3) is 11.3 Å². The summed E-state index contributed by atoms with van der Waals surface area (Å²) in [6, 6.07) is 9.94. The van der Waals surface area contributed by atoms with Gasteiger partial charge in [0.15, 0.2) is 0 Å². The number of hydrogen-bond donors (Lipinski definition) is 2. The molecule has 108 valence electrons. The van der Waals surface area contributed by atoms with E-state index in [1.807, 2.05) is 30.3 Å². The minimum atomic E-state index is 0.530. The largest absolute Gasteiger partial charge is 0.490 e. The van der Waals surface area contributed by atoms with Crippen molar-refractivity contribution in [1.82, 2.24) is 15.5 Å². The highest BCUT2D eigenvalue weighted by Gasteiger charge is 2.09. The van der Waals surface area contributed by atoms with Gasteiger partial charge >= 0.3 is 0 Å². The second-order valence-electron chi connectivity index (χ2n) is 4.40. The minimum Gasteiger partial charge on any atom is -0.490 e. The summed E-state index contributed by atoms with van der Waals surface area (Å²) in [6.45, 7) is 4.90. The van der Waals surface area contributed by atoms with Crippen LogP contribution in [0.3, 0.4) is 0 Å². The zero-order valence-corrected chi connectivity index (χ0v) is 12.0. The van der Waals surface area contributed by atoms with E-state index in [1.54, 1.807) is 7.11 Å². The van der Waals surface area contributed by atoms with Gasteiger partial charge in [0.2, 0.25) is 0 Å². The van der Waals surface area contributed by atoms with Crippen molar-refractivity contribution in [3.05, 3.63) is 36.0 Å². The van der Waals surface area contributed by atoms with E-state index in [4.69, 9.17) is 9.47 Å². The van der Waals surface area contributed by atoms with Gasteiger partial charge in [-0.1, -0.05) is 19.1 Å². The summed E-state index contributed by atoms with van der Waals surface area (Å²) in [4.78, 5) is 0. The average molecular weight is 275 g/mol. The molecule has 0 spiro atoms. The lowest BCUT2D eigenvalue weighted by Crippen LogP contribution is -2.11. The first kappa shape index (κ1) is 14.6. The molecule has 2 N–H and O–H groups in total. The molecule has 0 aliphatic carbocycles. The summed E-state index contributed by atoms with van der Waals surface area (Å²) in [5.41, 5.74) is 2.95. The molecule has 0 aliphatic heterocycles. The van der Waals surface area contributed by atoms with E-state index in [0.29, 0.717) is 13.2 Å². The molecule has 2 aromatic rings. The molecule has 0 radical (unpaired) electrons. The summed E-state index contributed by atoms with van der Waals surface area (Å²) in [5, 5.41) is 10.7. The first-order chi connectivity index (χ1) is 9.85. The highest BCUT2D eigenvalue weighted by atomic mass is 16.5. The van der Waals surface area contributed by atoms with Gasteiger partial charge in [0, 0.05) is 24.9 Å². The molecule has 0 unspecified atom stereocenters. The lowest BCUT2D eigenvalue weighted by atomic mass is 10.1. The summed E-state index contributed by atoms with van der Waals surface area (Å²) >= 11 is 0. The monoisotopic (exact) mass is 275 g/mol. The van der Waals surface area contributed by atoms with Crippen LogP contribution >= 0.6 is 0 Å². The molecule has 1 heterocycles. The summed E-state index contributed by atoms with van der Waals surface area (Å²) in [7, 11) is 1.66. The van der Waals surface area contributed by atoms with Crippen LogP contribution in [-0.2, 0) is 11.3 Å². The molecule has 5 heteroatoms. The summed E-state index contributed by atoms with van der Waals surface area (Å²) < 4.78 is 10.7. The van der Waals surface area contributed by atoms with Gasteiger partial charge in [-0.3, -0.25) is 5.10 Å². The fourth-order valence-corrected chi connectivity index (χ4v) is 1.89. The van der Waals surface area contributed by atoms with Crippen molar-refractivity contribution in [2.24, 2.45) is 0 Å². The Morgan fingerprint density at radius 2 is 2.10 bits per heavy atom. The van der Waals surface area contributed by atoms with Gasteiger partial charge in [0.05, 0.1) is 12.3 Å². The molecule has 5 nitrogen and oxygen atoms in total. The summed E-state index contributed by atoms with van der Waals surface area (Å²) in [5.74, 6) is 0.825. The third-order valence-corrected chi connectivity index (χ3v) is 2.90. The number of rotatable bonds is 8. The average Bonchev–Trinajstić information content (AvgIpc) is 2.94. The Kier molecular flexibility index (Phi) is 5.58. The van der Waals surface area contributed by atoms with Crippen molar-refractivity contribution in [3.8, 4) is 17.0 Å². The van der Waals surface area contributed by atoms with Gasteiger partial charge in [0.25, 0.3) is 0 Å². The van der Waals surface area contributed by atoms with Crippen LogP contribution in [0.2, 0.25) is 0 Å². The van der Waals surface area contributed by atoms with E-state index >= 15 is 0 Å². The Morgan fingerprint density at radius 1 is 1.25 bits per heavy atom. The molecule has 2 rings (SSSR count). The maximum Gasteiger partial charge on any atom is 0.128 e. The van der Waals surface area contributed by atoms with Gasteiger partial charge in [-0.2, -0.15) is 5.10 Å². The molecule has 0 bridgehead atoms. The molecule has 0 atom stereocenters. The number of aromatic amines is 1. The SMILES string of the molecule is CCNCc1cc(-c2ccccc2OCCOC)n[nH]1. The highest BCUT2D eigenvalue weighted by molar-refractivity contribution is 5.67. The third kappa shape index (κ3) is 3.82. The number of para-hydroxylation sites is 1. The molecular formula is C15H21N3O2. The second-order valence-corrected chi connectivity index (χ2v) is 4.40. The number of benzene rings is 1. The first-order valence-corrected chi connectivity index (χ1v) is 6.81. The minimum absolute atomic E-state index is 0.530. The number of methoxy groups -OCH3 is 1. The first-order valence-electron chi connectivity index (χ1n) is 6.81. The normalized spacial score (nSPS) is 10.7. The standard InChI is InChI=1S/C15H21N3O2/c1-3-16-11-12-10-14(18-17-12)13-6-4-5-7-15(13)20-9-8-19-2/h4-7,10,16H,3,8-9,11H2,1-2H3,(H,17,18). The topological polar surface area (TPSA) is 59.2 Å². The molecule has 1 aromatic heterocycles. The van der Waals surface area contributed by atoms with Crippen molar-refractivity contribution in [1.29, 1.82) is 0 Å². The smallest absolute Gasteiger partial charge is 0.128 e. The molecule has 0 saturated carbocycles. The van der Waals surface area contributed by atoms with Crippen molar-refractivity contribution >= 4 is 0 Å². The predicted molar refractivity (Wildman–Crippen MR) is 78.8 cm³/mol. The third-order valence-electron chi connectivity index (χ3n) is 2.90. The number of H-pyrrole nitrogens is 1. The number of aromatic nitrogens is 2. The fraction of sp³-hybridized carbons (Fsp3) is 0.400. The lowest BCUT2D eigenvalue weighted by molar-refractivity contribution is 0.146. The lowest BCUT2D eigenvalue weighted by Gasteiger charge is -2.09. The Balaban J connectivity index is 2.12. The van der Waals surface area contributed by atoms with Gasteiger partial charge in [-0.15, -0.1) is 0 Å². The van der Waals surface area contributed by atoms with Crippen molar-refractivity contribution < 1.29 is 9.47 Å². The zero-order valence-electron chi connectivity index (χ0n) is 12.0. The van der Waals surface area contributed by atoms with Crippen LogP contribution in [0.5, 0.6) is 5.75 Å². The summed E-state index contributed by atoms with van der Waals surface area (Å²) in [6.07, 6.45) is 0. The van der Waals surface area contributed by atoms with Crippen molar-refractivity contribution in [2.45, 2.75) is 13.5 Å². The van der Waals surface area contributed by atoms with Crippen LogP contribution in [0.1, 0.15) is 12.6 Å². The number of nitrogens with one attached hydrogen (secondary N) is 2.